The predicted molar refractivity (Wildman–Crippen MR) is 134 cm³/mol. The van der Waals surface area contributed by atoms with Gasteiger partial charge in [0.05, 0.1) is 13.0 Å². The van der Waals surface area contributed by atoms with Crippen molar-refractivity contribution in [3.63, 3.8) is 0 Å². The number of hydrogen-bond acceptors (Lipinski definition) is 4. The molecule has 3 aromatic carbocycles. The van der Waals surface area contributed by atoms with Crippen LogP contribution in [0.4, 0.5) is 10.1 Å². The zero-order chi connectivity index (χ0) is 24.9. The lowest BCUT2D eigenvalue weighted by Crippen LogP contribution is -2.49. The van der Waals surface area contributed by atoms with E-state index in [4.69, 9.17) is 23.8 Å². The Bertz CT molecular complexity index is 1260. The molecule has 4 rings (SSSR count). The van der Waals surface area contributed by atoms with Crippen LogP contribution in [0.1, 0.15) is 22.3 Å². The zero-order valence-electron chi connectivity index (χ0n) is 18.3. The molecule has 0 bridgehead atoms. The van der Waals surface area contributed by atoms with E-state index in [1.54, 1.807) is 12.1 Å². The highest BCUT2D eigenvalue weighted by atomic mass is 35.5. The van der Waals surface area contributed by atoms with Gasteiger partial charge in [0.2, 0.25) is 5.91 Å². The minimum absolute atomic E-state index is 0.0701. The number of amides is 3. The van der Waals surface area contributed by atoms with Gasteiger partial charge < -0.3 is 5.32 Å². The van der Waals surface area contributed by atoms with E-state index in [0.29, 0.717) is 16.3 Å². The van der Waals surface area contributed by atoms with Crippen LogP contribution < -0.4 is 10.7 Å². The summed E-state index contributed by atoms with van der Waals surface area (Å²) in [5.74, 6) is -1.87. The molecule has 35 heavy (non-hydrogen) atoms. The summed E-state index contributed by atoms with van der Waals surface area (Å²) < 4.78 is 13.2. The lowest BCUT2D eigenvalue weighted by Gasteiger charge is -2.24. The molecule has 1 aliphatic heterocycles. The number of carbonyl (C=O) groups excluding carboxylic acids is 3. The van der Waals surface area contributed by atoms with Crippen LogP contribution in [0.15, 0.2) is 78.9 Å². The summed E-state index contributed by atoms with van der Waals surface area (Å²) in [6, 6.07) is 19.6. The molecule has 1 aliphatic rings. The van der Waals surface area contributed by atoms with Gasteiger partial charge in [0, 0.05) is 16.3 Å². The molecule has 1 saturated heterocycles. The van der Waals surface area contributed by atoms with E-state index in [1.807, 2.05) is 30.3 Å². The van der Waals surface area contributed by atoms with Gasteiger partial charge in [-0.2, -0.15) is 0 Å². The smallest absolute Gasteiger partial charge is 0.269 e. The van der Waals surface area contributed by atoms with Gasteiger partial charge in [-0.25, -0.2) is 9.40 Å². The van der Waals surface area contributed by atoms with E-state index < -0.39 is 29.6 Å². The fraction of sp³-hybridized carbons (Fsp3) is 0.120. The number of anilines is 1. The zero-order valence-corrected chi connectivity index (χ0v) is 19.9. The molecular formula is C25H20ClFN4O3S. The normalized spacial score (nSPS) is 15.3. The number of nitrogens with zero attached hydrogens (tertiary/aromatic N) is 2. The van der Waals surface area contributed by atoms with E-state index in [0.717, 1.165) is 5.56 Å². The van der Waals surface area contributed by atoms with Gasteiger partial charge in [-0.05, 0) is 66.3 Å². The Morgan fingerprint density at radius 2 is 1.63 bits per heavy atom. The summed E-state index contributed by atoms with van der Waals surface area (Å²) in [6.45, 7) is 0.182. The number of halogens is 2. The highest BCUT2D eigenvalue weighted by Gasteiger charge is 2.44. The van der Waals surface area contributed by atoms with Crippen molar-refractivity contribution in [3.05, 3.63) is 101 Å². The van der Waals surface area contributed by atoms with Crippen molar-refractivity contribution in [1.82, 2.24) is 15.3 Å². The lowest BCUT2D eigenvalue weighted by atomic mass is 10.1. The fourth-order valence-corrected chi connectivity index (χ4v) is 4.01. The molecule has 3 amide bonds. The highest BCUT2D eigenvalue weighted by molar-refractivity contribution is 7.80. The molecule has 178 valence electrons. The second kappa shape index (κ2) is 10.6. The third kappa shape index (κ3) is 5.82. The van der Waals surface area contributed by atoms with Crippen molar-refractivity contribution >= 4 is 52.3 Å². The first-order valence-electron chi connectivity index (χ1n) is 10.6. The number of hydrogen-bond donors (Lipinski definition) is 2. The Hall–Kier alpha value is -3.82. The monoisotopic (exact) mass is 510 g/mol. The second-order valence-corrected chi connectivity index (χ2v) is 8.59. The van der Waals surface area contributed by atoms with Gasteiger partial charge in [0.1, 0.15) is 11.9 Å². The number of hydrazine groups is 1. The molecule has 10 heteroatoms. The van der Waals surface area contributed by atoms with Crippen molar-refractivity contribution in [1.29, 1.82) is 0 Å². The van der Waals surface area contributed by atoms with E-state index in [-0.39, 0.29) is 18.1 Å². The van der Waals surface area contributed by atoms with Crippen molar-refractivity contribution < 1.29 is 18.8 Å². The Balaban J connectivity index is 1.55. The van der Waals surface area contributed by atoms with Crippen LogP contribution in [-0.4, -0.2) is 38.8 Å². The van der Waals surface area contributed by atoms with Crippen LogP contribution in [0.3, 0.4) is 0 Å². The van der Waals surface area contributed by atoms with E-state index in [1.165, 1.54) is 46.3 Å². The van der Waals surface area contributed by atoms with Crippen molar-refractivity contribution in [2.45, 2.75) is 19.0 Å². The Kier molecular flexibility index (Phi) is 7.38. The first kappa shape index (κ1) is 24.3. The molecule has 0 radical (unpaired) electrons. The largest absolute Gasteiger partial charge is 0.326 e. The topological polar surface area (TPSA) is 81.8 Å². The predicted octanol–water partition coefficient (Wildman–Crippen LogP) is 4.15. The van der Waals surface area contributed by atoms with Gasteiger partial charge >= 0.3 is 0 Å². The fourth-order valence-electron chi connectivity index (χ4n) is 3.56. The Labute approximate surface area is 211 Å². The molecule has 0 aliphatic carbocycles. The second-order valence-electron chi connectivity index (χ2n) is 7.79. The third-order valence-corrected chi connectivity index (χ3v) is 5.99. The third-order valence-electron chi connectivity index (χ3n) is 5.32. The summed E-state index contributed by atoms with van der Waals surface area (Å²) in [7, 11) is 0. The van der Waals surface area contributed by atoms with Gasteiger partial charge in [0.25, 0.3) is 11.8 Å². The lowest BCUT2D eigenvalue weighted by molar-refractivity contribution is -0.131. The summed E-state index contributed by atoms with van der Waals surface area (Å²) in [4.78, 5) is 40.3. The molecule has 0 spiro atoms. The van der Waals surface area contributed by atoms with Crippen molar-refractivity contribution in [2.75, 3.05) is 5.32 Å². The first-order chi connectivity index (χ1) is 16.8. The molecule has 1 unspecified atom stereocenters. The maximum atomic E-state index is 13.3. The standard InChI is InChI=1S/C25H20ClFN4O3S/c26-18-8-6-17(7-9-18)23(33)29-31-21(14-22(32)28-20-12-10-19(27)11-13-20)24(34)30(25(31)35)15-16-4-2-1-3-5-16/h1-13,21H,14-15H2,(H,28,32)(H,29,33). The average molecular weight is 511 g/mol. The maximum absolute atomic E-state index is 13.3. The molecular weight excluding hydrogens is 491 g/mol. The minimum atomic E-state index is -1.07. The van der Waals surface area contributed by atoms with Crippen LogP contribution in [-0.2, 0) is 16.1 Å². The van der Waals surface area contributed by atoms with E-state index >= 15 is 0 Å². The molecule has 1 heterocycles. The number of nitrogens with one attached hydrogen (secondary N) is 2. The Morgan fingerprint density at radius 1 is 0.971 bits per heavy atom. The summed E-state index contributed by atoms with van der Waals surface area (Å²) >= 11 is 11.4. The summed E-state index contributed by atoms with van der Waals surface area (Å²) in [5.41, 5.74) is 4.18. The molecule has 0 saturated carbocycles. The van der Waals surface area contributed by atoms with Crippen molar-refractivity contribution in [3.8, 4) is 0 Å². The number of benzene rings is 3. The Morgan fingerprint density at radius 3 is 2.29 bits per heavy atom. The quantitative estimate of drug-likeness (QED) is 0.467. The van der Waals surface area contributed by atoms with Gasteiger partial charge in [-0.3, -0.25) is 24.7 Å². The van der Waals surface area contributed by atoms with Crippen LogP contribution in [0.25, 0.3) is 0 Å². The molecule has 2 N–H and O–H groups in total. The number of thiocarbonyl (C=S) groups is 1. The van der Waals surface area contributed by atoms with Crippen LogP contribution in [0, 0.1) is 5.82 Å². The van der Waals surface area contributed by atoms with E-state index in [2.05, 4.69) is 10.7 Å². The molecule has 1 fully saturated rings. The maximum Gasteiger partial charge on any atom is 0.269 e. The minimum Gasteiger partial charge on any atom is -0.326 e. The average Bonchev–Trinajstić information content (AvgIpc) is 3.05. The molecule has 0 aromatic heterocycles. The number of carbonyl (C=O) groups is 3. The van der Waals surface area contributed by atoms with Crippen LogP contribution >= 0.6 is 23.8 Å². The summed E-state index contributed by atoms with van der Waals surface area (Å²) in [6.07, 6.45) is -0.289. The molecule has 7 nitrogen and oxygen atoms in total. The number of rotatable bonds is 7. The van der Waals surface area contributed by atoms with E-state index in [9.17, 15) is 18.8 Å². The molecule has 3 aromatic rings. The van der Waals surface area contributed by atoms with Crippen molar-refractivity contribution in [2.24, 2.45) is 0 Å². The first-order valence-corrected chi connectivity index (χ1v) is 11.4. The highest BCUT2D eigenvalue weighted by Crippen LogP contribution is 2.23. The van der Waals surface area contributed by atoms with Crippen LogP contribution in [0.5, 0.6) is 0 Å². The molecule has 1 atom stereocenters. The summed E-state index contributed by atoms with van der Waals surface area (Å²) in [5, 5.41) is 4.41. The van der Waals surface area contributed by atoms with Crippen LogP contribution in [0.2, 0.25) is 5.02 Å². The van der Waals surface area contributed by atoms with Gasteiger partial charge in [-0.15, -0.1) is 0 Å². The van der Waals surface area contributed by atoms with Gasteiger partial charge in [-0.1, -0.05) is 41.9 Å². The van der Waals surface area contributed by atoms with Gasteiger partial charge in [0.15, 0.2) is 5.11 Å². The SMILES string of the molecule is O=C(CC1C(=O)N(Cc2ccccc2)C(=S)N1NC(=O)c1ccc(Cl)cc1)Nc1ccc(F)cc1.